The van der Waals surface area contributed by atoms with Gasteiger partial charge >= 0.3 is 0 Å². The number of piperidine rings is 1. The van der Waals surface area contributed by atoms with E-state index in [9.17, 15) is 4.79 Å². The molecule has 0 saturated carbocycles. The average molecular weight is 248 g/mol. The minimum atomic E-state index is 0.0265. The van der Waals surface area contributed by atoms with E-state index in [2.05, 4.69) is 4.98 Å². The fraction of sp³-hybridized carbons (Fsp3) is 0.571. The van der Waals surface area contributed by atoms with Crippen LogP contribution in [0.5, 0.6) is 0 Å². The zero-order valence-electron chi connectivity index (χ0n) is 11.0. The summed E-state index contributed by atoms with van der Waals surface area (Å²) >= 11 is 0. The summed E-state index contributed by atoms with van der Waals surface area (Å²) in [6.07, 6.45) is 4.03. The molecule has 1 aromatic heterocycles. The number of hydrogen-bond donors (Lipinski definition) is 0. The lowest BCUT2D eigenvalue weighted by molar-refractivity contribution is -0.0237. The van der Waals surface area contributed by atoms with Crippen LogP contribution in [0.25, 0.3) is 0 Å². The van der Waals surface area contributed by atoms with Crippen molar-refractivity contribution < 1.29 is 9.53 Å². The Labute approximate surface area is 108 Å². The Kier molecular flexibility index (Phi) is 4.31. The number of hydrogen-bond acceptors (Lipinski definition) is 3. The van der Waals surface area contributed by atoms with Gasteiger partial charge in [0.25, 0.3) is 5.91 Å². The van der Waals surface area contributed by atoms with Crippen LogP contribution < -0.4 is 0 Å². The summed E-state index contributed by atoms with van der Waals surface area (Å²) in [6.45, 7) is 5.61. The first-order valence-electron chi connectivity index (χ1n) is 6.52. The number of carbonyl (C=O) groups is 1. The Morgan fingerprint density at radius 1 is 1.39 bits per heavy atom. The Morgan fingerprint density at radius 3 is 2.67 bits per heavy atom. The van der Waals surface area contributed by atoms with Crippen LogP contribution in [0, 0.1) is 0 Å². The zero-order chi connectivity index (χ0) is 13.0. The third-order valence-corrected chi connectivity index (χ3v) is 3.08. The molecule has 0 N–H and O–H groups in total. The van der Waals surface area contributed by atoms with Crippen LogP contribution in [0.1, 0.15) is 37.2 Å². The van der Waals surface area contributed by atoms with Crippen molar-refractivity contribution in [2.45, 2.75) is 38.9 Å². The van der Waals surface area contributed by atoms with Gasteiger partial charge in [0.2, 0.25) is 0 Å². The highest BCUT2D eigenvalue weighted by molar-refractivity contribution is 5.92. The summed E-state index contributed by atoms with van der Waals surface area (Å²) in [5, 5.41) is 0. The summed E-state index contributed by atoms with van der Waals surface area (Å²) in [7, 11) is 0. The third kappa shape index (κ3) is 3.29. The van der Waals surface area contributed by atoms with Gasteiger partial charge in [0.15, 0.2) is 0 Å². The highest BCUT2D eigenvalue weighted by Gasteiger charge is 2.24. The molecule has 1 aliphatic rings. The van der Waals surface area contributed by atoms with Crippen LogP contribution in [0.3, 0.4) is 0 Å². The maximum atomic E-state index is 12.2. The van der Waals surface area contributed by atoms with Gasteiger partial charge in [0.05, 0.1) is 12.2 Å². The van der Waals surface area contributed by atoms with Gasteiger partial charge in [-0.05, 0) is 38.8 Å². The van der Waals surface area contributed by atoms with Crippen molar-refractivity contribution in [2.24, 2.45) is 0 Å². The monoisotopic (exact) mass is 248 g/mol. The quantitative estimate of drug-likeness (QED) is 0.822. The summed E-state index contributed by atoms with van der Waals surface area (Å²) in [6, 6.07) is 5.42. The molecule has 0 unspecified atom stereocenters. The zero-order valence-corrected chi connectivity index (χ0v) is 11.0. The number of pyridine rings is 1. The smallest absolute Gasteiger partial charge is 0.272 e. The number of carbonyl (C=O) groups excluding carboxylic acids is 1. The highest BCUT2D eigenvalue weighted by atomic mass is 16.5. The van der Waals surface area contributed by atoms with E-state index < -0.39 is 0 Å². The van der Waals surface area contributed by atoms with Gasteiger partial charge in [0.1, 0.15) is 5.69 Å². The van der Waals surface area contributed by atoms with Crippen molar-refractivity contribution in [3.05, 3.63) is 30.1 Å². The number of aromatic nitrogens is 1. The molecule has 0 atom stereocenters. The highest BCUT2D eigenvalue weighted by Crippen LogP contribution is 2.16. The number of nitrogens with zero attached hydrogens (tertiary/aromatic N) is 2. The first-order valence-corrected chi connectivity index (χ1v) is 6.52. The number of rotatable bonds is 3. The minimum Gasteiger partial charge on any atom is -0.375 e. The van der Waals surface area contributed by atoms with Crippen molar-refractivity contribution in [3.63, 3.8) is 0 Å². The van der Waals surface area contributed by atoms with Crippen LogP contribution in [0.15, 0.2) is 24.4 Å². The second-order valence-corrected chi connectivity index (χ2v) is 4.89. The molecule has 4 heteroatoms. The first-order chi connectivity index (χ1) is 8.66. The number of amides is 1. The molecule has 0 spiro atoms. The average Bonchev–Trinajstić information content (AvgIpc) is 2.39. The van der Waals surface area contributed by atoms with Gasteiger partial charge in [-0.1, -0.05) is 6.07 Å². The summed E-state index contributed by atoms with van der Waals surface area (Å²) < 4.78 is 5.77. The molecule has 1 fully saturated rings. The second-order valence-electron chi connectivity index (χ2n) is 4.89. The van der Waals surface area contributed by atoms with E-state index in [0.717, 1.165) is 25.9 Å². The molecule has 0 bridgehead atoms. The molecule has 1 amide bonds. The van der Waals surface area contributed by atoms with Crippen LogP contribution >= 0.6 is 0 Å². The van der Waals surface area contributed by atoms with Crippen molar-refractivity contribution in [1.82, 2.24) is 9.88 Å². The lowest BCUT2D eigenvalue weighted by Crippen LogP contribution is -2.41. The van der Waals surface area contributed by atoms with E-state index in [4.69, 9.17) is 4.74 Å². The predicted molar refractivity (Wildman–Crippen MR) is 69.4 cm³/mol. The molecule has 1 aromatic rings. The molecule has 0 aliphatic carbocycles. The van der Waals surface area contributed by atoms with Crippen LogP contribution in [-0.2, 0) is 4.74 Å². The summed E-state index contributed by atoms with van der Waals surface area (Å²) in [4.78, 5) is 18.1. The fourth-order valence-corrected chi connectivity index (χ4v) is 2.23. The van der Waals surface area contributed by atoms with E-state index in [1.54, 1.807) is 12.3 Å². The molecule has 0 aromatic carbocycles. The molecular formula is C14H20N2O2. The molecule has 0 radical (unpaired) electrons. The maximum Gasteiger partial charge on any atom is 0.272 e. The molecule has 2 heterocycles. The van der Waals surface area contributed by atoms with Crippen LogP contribution in [0.2, 0.25) is 0 Å². The van der Waals surface area contributed by atoms with E-state index >= 15 is 0 Å². The van der Waals surface area contributed by atoms with E-state index in [-0.39, 0.29) is 18.1 Å². The van der Waals surface area contributed by atoms with Crippen LogP contribution in [-0.4, -0.2) is 41.1 Å². The van der Waals surface area contributed by atoms with Gasteiger partial charge < -0.3 is 9.64 Å². The lowest BCUT2D eigenvalue weighted by Gasteiger charge is -2.32. The van der Waals surface area contributed by atoms with E-state index in [1.807, 2.05) is 30.9 Å². The lowest BCUT2D eigenvalue weighted by atomic mass is 10.1. The van der Waals surface area contributed by atoms with E-state index in [1.165, 1.54) is 0 Å². The molecule has 4 nitrogen and oxygen atoms in total. The third-order valence-electron chi connectivity index (χ3n) is 3.08. The number of likely N-dealkylation sites (tertiary alicyclic amines) is 1. The van der Waals surface area contributed by atoms with Crippen molar-refractivity contribution in [1.29, 1.82) is 0 Å². The SMILES string of the molecule is CC(C)OC1CCN(C(=O)c2ccccn2)CC1. The van der Waals surface area contributed by atoms with Gasteiger partial charge in [-0.15, -0.1) is 0 Å². The van der Waals surface area contributed by atoms with Gasteiger partial charge in [-0.25, -0.2) is 0 Å². The Balaban J connectivity index is 1.88. The first kappa shape index (κ1) is 13.0. The van der Waals surface area contributed by atoms with Gasteiger partial charge in [-0.3, -0.25) is 9.78 Å². The summed E-state index contributed by atoms with van der Waals surface area (Å²) in [5.41, 5.74) is 0.528. The molecule has 1 saturated heterocycles. The molecule has 18 heavy (non-hydrogen) atoms. The second kappa shape index (κ2) is 5.96. The van der Waals surface area contributed by atoms with Gasteiger partial charge in [0, 0.05) is 19.3 Å². The normalized spacial score (nSPS) is 17.2. The minimum absolute atomic E-state index is 0.0265. The Hall–Kier alpha value is -1.42. The van der Waals surface area contributed by atoms with E-state index in [0.29, 0.717) is 5.69 Å². The van der Waals surface area contributed by atoms with Crippen molar-refractivity contribution in [3.8, 4) is 0 Å². The molecule has 2 rings (SSSR count). The predicted octanol–water partition coefficient (Wildman–Crippen LogP) is 2.11. The maximum absolute atomic E-state index is 12.2. The fourth-order valence-electron chi connectivity index (χ4n) is 2.23. The van der Waals surface area contributed by atoms with Crippen molar-refractivity contribution in [2.75, 3.05) is 13.1 Å². The topological polar surface area (TPSA) is 42.4 Å². The van der Waals surface area contributed by atoms with Crippen LogP contribution in [0.4, 0.5) is 0 Å². The molecular weight excluding hydrogens is 228 g/mol. The Bertz CT molecular complexity index is 384. The largest absolute Gasteiger partial charge is 0.375 e. The summed E-state index contributed by atoms with van der Waals surface area (Å²) in [5.74, 6) is 0.0265. The Morgan fingerprint density at radius 2 is 2.11 bits per heavy atom. The number of ether oxygens (including phenoxy) is 1. The standard InChI is InChI=1S/C14H20N2O2/c1-11(2)18-12-6-9-16(10-7-12)14(17)13-5-3-4-8-15-13/h3-5,8,11-12H,6-7,9-10H2,1-2H3. The molecule has 1 aliphatic heterocycles. The molecule has 98 valence electrons. The van der Waals surface area contributed by atoms with Crippen molar-refractivity contribution >= 4 is 5.91 Å². The van der Waals surface area contributed by atoms with Gasteiger partial charge in [-0.2, -0.15) is 0 Å².